The SMILES string of the molecule is CC(N)C(C)c1nc2cc(Cl)c(F)cc2o1. The van der Waals surface area contributed by atoms with Crippen LogP contribution in [-0.2, 0) is 0 Å². The summed E-state index contributed by atoms with van der Waals surface area (Å²) >= 11 is 5.66. The molecule has 2 aromatic rings. The summed E-state index contributed by atoms with van der Waals surface area (Å²) in [5.41, 5.74) is 6.69. The largest absolute Gasteiger partial charge is 0.440 e. The van der Waals surface area contributed by atoms with E-state index in [1.807, 2.05) is 13.8 Å². The molecule has 0 aliphatic heterocycles. The number of nitrogens with two attached hydrogens (primary N) is 1. The first kappa shape index (κ1) is 11.4. The Morgan fingerprint density at radius 3 is 2.75 bits per heavy atom. The molecule has 16 heavy (non-hydrogen) atoms. The molecule has 86 valence electrons. The molecule has 0 spiro atoms. The highest BCUT2D eigenvalue weighted by molar-refractivity contribution is 6.31. The van der Waals surface area contributed by atoms with E-state index in [-0.39, 0.29) is 17.0 Å². The summed E-state index contributed by atoms with van der Waals surface area (Å²) in [5.74, 6) is -0.0220. The summed E-state index contributed by atoms with van der Waals surface area (Å²) in [6, 6.07) is 2.61. The number of hydrogen-bond donors (Lipinski definition) is 1. The average molecular weight is 243 g/mol. The summed E-state index contributed by atoms with van der Waals surface area (Å²) < 4.78 is 18.6. The van der Waals surface area contributed by atoms with Gasteiger partial charge in [0, 0.05) is 18.0 Å². The quantitative estimate of drug-likeness (QED) is 0.881. The lowest BCUT2D eigenvalue weighted by molar-refractivity contribution is 0.450. The highest BCUT2D eigenvalue weighted by Gasteiger charge is 2.18. The Balaban J connectivity index is 2.52. The number of rotatable bonds is 2. The third-order valence-electron chi connectivity index (χ3n) is 2.63. The van der Waals surface area contributed by atoms with E-state index in [4.69, 9.17) is 21.8 Å². The molecule has 0 aliphatic carbocycles. The predicted molar refractivity (Wildman–Crippen MR) is 61.0 cm³/mol. The van der Waals surface area contributed by atoms with Crippen LogP contribution in [0, 0.1) is 5.82 Å². The van der Waals surface area contributed by atoms with E-state index in [2.05, 4.69) is 4.98 Å². The molecule has 0 bridgehead atoms. The van der Waals surface area contributed by atoms with E-state index >= 15 is 0 Å². The summed E-state index contributed by atoms with van der Waals surface area (Å²) in [6.45, 7) is 3.78. The van der Waals surface area contributed by atoms with Crippen molar-refractivity contribution in [2.45, 2.75) is 25.8 Å². The molecular weight excluding hydrogens is 231 g/mol. The Morgan fingerprint density at radius 2 is 2.12 bits per heavy atom. The van der Waals surface area contributed by atoms with Gasteiger partial charge in [-0.2, -0.15) is 0 Å². The van der Waals surface area contributed by atoms with Crippen molar-refractivity contribution in [3.63, 3.8) is 0 Å². The number of fused-ring (bicyclic) bond motifs is 1. The van der Waals surface area contributed by atoms with Gasteiger partial charge in [0.25, 0.3) is 0 Å². The first-order chi connectivity index (χ1) is 7.49. The van der Waals surface area contributed by atoms with Gasteiger partial charge in [-0.25, -0.2) is 9.37 Å². The summed E-state index contributed by atoms with van der Waals surface area (Å²) in [7, 11) is 0. The fourth-order valence-electron chi connectivity index (χ4n) is 1.36. The monoisotopic (exact) mass is 242 g/mol. The fourth-order valence-corrected chi connectivity index (χ4v) is 1.52. The molecule has 2 N–H and O–H groups in total. The molecule has 2 unspecified atom stereocenters. The minimum atomic E-state index is -0.509. The van der Waals surface area contributed by atoms with Gasteiger partial charge < -0.3 is 10.2 Å². The third kappa shape index (κ3) is 1.90. The number of halogens is 2. The zero-order valence-electron chi connectivity index (χ0n) is 9.00. The van der Waals surface area contributed by atoms with Crippen molar-refractivity contribution in [2.75, 3.05) is 0 Å². The van der Waals surface area contributed by atoms with Gasteiger partial charge in [-0.05, 0) is 13.0 Å². The normalized spacial score (nSPS) is 15.3. The van der Waals surface area contributed by atoms with Gasteiger partial charge in [0.05, 0.1) is 5.02 Å². The number of nitrogens with zero attached hydrogens (tertiary/aromatic N) is 1. The minimum absolute atomic E-state index is 0.0192. The van der Waals surface area contributed by atoms with Crippen LogP contribution in [0.3, 0.4) is 0 Å². The predicted octanol–water partition coefficient (Wildman–Crippen LogP) is 3.07. The van der Waals surface area contributed by atoms with Crippen molar-refractivity contribution in [1.82, 2.24) is 4.98 Å². The average Bonchev–Trinajstić information content (AvgIpc) is 2.60. The molecule has 0 aliphatic rings. The van der Waals surface area contributed by atoms with Crippen LogP contribution in [0.15, 0.2) is 16.5 Å². The molecule has 0 radical (unpaired) electrons. The van der Waals surface area contributed by atoms with Gasteiger partial charge in [0.15, 0.2) is 11.5 Å². The Kier molecular flexibility index (Phi) is 2.86. The van der Waals surface area contributed by atoms with Crippen LogP contribution in [0.5, 0.6) is 0 Å². The van der Waals surface area contributed by atoms with Crippen molar-refractivity contribution >= 4 is 22.7 Å². The molecule has 5 heteroatoms. The van der Waals surface area contributed by atoms with Gasteiger partial charge in [0.1, 0.15) is 11.3 Å². The number of benzene rings is 1. The maximum absolute atomic E-state index is 13.2. The maximum atomic E-state index is 13.2. The third-order valence-corrected chi connectivity index (χ3v) is 2.91. The molecule has 0 amide bonds. The topological polar surface area (TPSA) is 52.0 Å². The molecule has 0 saturated carbocycles. The molecule has 2 atom stereocenters. The van der Waals surface area contributed by atoms with Crippen LogP contribution in [0.4, 0.5) is 4.39 Å². The second kappa shape index (κ2) is 4.03. The first-order valence-electron chi connectivity index (χ1n) is 5.00. The first-order valence-corrected chi connectivity index (χ1v) is 5.38. The Morgan fingerprint density at radius 1 is 1.44 bits per heavy atom. The summed E-state index contributed by atoms with van der Waals surface area (Å²) in [5, 5.41) is 0.0424. The lowest BCUT2D eigenvalue weighted by atomic mass is 10.1. The molecule has 3 nitrogen and oxygen atoms in total. The summed E-state index contributed by atoms with van der Waals surface area (Å²) in [6.07, 6.45) is 0. The van der Waals surface area contributed by atoms with Crippen LogP contribution in [0.1, 0.15) is 25.7 Å². The van der Waals surface area contributed by atoms with Gasteiger partial charge in [-0.1, -0.05) is 18.5 Å². The Hall–Kier alpha value is -1.13. The molecule has 0 saturated heterocycles. The van der Waals surface area contributed by atoms with Crippen molar-refractivity contribution in [3.05, 3.63) is 28.9 Å². The van der Waals surface area contributed by atoms with E-state index in [1.165, 1.54) is 12.1 Å². The van der Waals surface area contributed by atoms with Gasteiger partial charge in [-0.15, -0.1) is 0 Å². The second-order valence-corrected chi connectivity index (χ2v) is 4.34. The number of hydrogen-bond acceptors (Lipinski definition) is 3. The zero-order valence-corrected chi connectivity index (χ0v) is 9.75. The lowest BCUT2D eigenvalue weighted by Crippen LogP contribution is -2.22. The van der Waals surface area contributed by atoms with Crippen molar-refractivity contribution in [1.29, 1.82) is 0 Å². The Bertz CT molecular complexity index is 485. The van der Waals surface area contributed by atoms with Crippen molar-refractivity contribution in [3.8, 4) is 0 Å². The van der Waals surface area contributed by atoms with Crippen molar-refractivity contribution < 1.29 is 8.81 Å². The lowest BCUT2D eigenvalue weighted by Gasteiger charge is -2.10. The van der Waals surface area contributed by atoms with Gasteiger partial charge in [0.2, 0.25) is 0 Å². The number of aromatic nitrogens is 1. The van der Waals surface area contributed by atoms with E-state index in [0.717, 1.165) is 0 Å². The minimum Gasteiger partial charge on any atom is -0.440 e. The smallest absolute Gasteiger partial charge is 0.199 e. The van der Waals surface area contributed by atoms with Gasteiger partial charge >= 0.3 is 0 Å². The second-order valence-electron chi connectivity index (χ2n) is 3.93. The van der Waals surface area contributed by atoms with Crippen LogP contribution < -0.4 is 5.73 Å². The zero-order chi connectivity index (χ0) is 11.9. The van der Waals surface area contributed by atoms with E-state index in [0.29, 0.717) is 17.0 Å². The maximum Gasteiger partial charge on any atom is 0.199 e. The summed E-state index contributed by atoms with van der Waals surface area (Å²) in [4.78, 5) is 4.24. The van der Waals surface area contributed by atoms with Crippen LogP contribution in [0.25, 0.3) is 11.1 Å². The van der Waals surface area contributed by atoms with Crippen molar-refractivity contribution in [2.24, 2.45) is 5.73 Å². The van der Waals surface area contributed by atoms with E-state index in [1.54, 1.807) is 0 Å². The van der Waals surface area contributed by atoms with Crippen LogP contribution >= 0.6 is 11.6 Å². The van der Waals surface area contributed by atoms with E-state index < -0.39 is 5.82 Å². The molecular formula is C11H12ClFN2O. The van der Waals surface area contributed by atoms with Gasteiger partial charge in [-0.3, -0.25) is 0 Å². The Labute approximate surface area is 97.4 Å². The highest BCUT2D eigenvalue weighted by atomic mass is 35.5. The van der Waals surface area contributed by atoms with E-state index in [9.17, 15) is 4.39 Å². The highest BCUT2D eigenvalue weighted by Crippen LogP contribution is 2.26. The molecule has 1 aromatic heterocycles. The standard InChI is InChI=1S/C11H12ClFN2O/c1-5(6(2)14)11-15-9-3-7(12)8(13)4-10(9)16-11/h3-6H,14H2,1-2H3. The number of oxazole rings is 1. The van der Waals surface area contributed by atoms with Crippen LogP contribution in [-0.4, -0.2) is 11.0 Å². The van der Waals surface area contributed by atoms with Crippen LogP contribution in [0.2, 0.25) is 5.02 Å². The fraction of sp³-hybridized carbons (Fsp3) is 0.364. The molecule has 2 rings (SSSR count). The molecule has 1 heterocycles. The molecule has 0 fully saturated rings. The molecule has 1 aromatic carbocycles.